The summed E-state index contributed by atoms with van der Waals surface area (Å²) in [6.07, 6.45) is 2.21. The van der Waals surface area contributed by atoms with Gasteiger partial charge in [-0.2, -0.15) is 13.2 Å². The maximum absolute atomic E-state index is 12.7. The van der Waals surface area contributed by atoms with Gasteiger partial charge in [0.2, 0.25) is 0 Å². The molecule has 0 aromatic heterocycles. The van der Waals surface area contributed by atoms with Crippen LogP contribution in [0, 0.1) is 0 Å². The summed E-state index contributed by atoms with van der Waals surface area (Å²) in [6.45, 7) is 0. The summed E-state index contributed by atoms with van der Waals surface area (Å²) >= 11 is 5.37. The average Bonchev–Trinajstić information content (AvgIpc) is 2.04. The average molecular weight is 303 g/mol. The smallest absolute Gasteiger partial charge is 0.155 e. The van der Waals surface area contributed by atoms with Crippen molar-refractivity contribution in [1.29, 1.82) is 0 Å². The summed E-state index contributed by atoms with van der Waals surface area (Å²) in [4.78, 5) is 0. The van der Waals surface area contributed by atoms with Crippen molar-refractivity contribution in [3.63, 3.8) is 0 Å². The van der Waals surface area contributed by atoms with E-state index in [1.807, 2.05) is 0 Å². The zero-order valence-electron chi connectivity index (χ0n) is 7.95. The van der Waals surface area contributed by atoms with Crippen LogP contribution in [0.4, 0.5) is 28.7 Å². The fourth-order valence-electron chi connectivity index (χ4n) is 0.997. The van der Waals surface area contributed by atoms with Crippen molar-refractivity contribution in [1.82, 2.24) is 0 Å². The molecule has 100 valence electrons. The molecular formula is C8H6ClF7S. The third-order valence-corrected chi connectivity index (χ3v) is 3.89. The number of alkyl halides is 3. The van der Waals surface area contributed by atoms with E-state index in [0.29, 0.717) is 6.08 Å². The van der Waals surface area contributed by atoms with Gasteiger partial charge in [-0.25, -0.2) is 0 Å². The highest BCUT2D eigenvalue weighted by Crippen LogP contribution is 3.04. The van der Waals surface area contributed by atoms with Crippen LogP contribution in [0.2, 0.25) is 0 Å². The van der Waals surface area contributed by atoms with Crippen LogP contribution < -0.4 is 0 Å². The van der Waals surface area contributed by atoms with Gasteiger partial charge in [0.15, 0.2) is 0 Å². The van der Waals surface area contributed by atoms with Crippen molar-refractivity contribution in [2.24, 2.45) is 0 Å². The van der Waals surface area contributed by atoms with Crippen molar-refractivity contribution in [2.45, 2.75) is 11.9 Å². The maximum Gasteiger partial charge on any atom is 0.509 e. The van der Waals surface area contributed by atoms with E-state index in [9.17, 15) is 28.7 Å². The maximum atomic E-state index is 12.7. The van der Waals surface area contributed by atoms with Crippen LogP contribution in [0.3, 0.4) is 0 Å². The largest absolute Gasteiger partial charge is 0.509 e. The van der Waals surface area contributed by atoms with E-state index in [1.54, 1.807) is 0 Å². The zero-order chi connectivity index (χ0) is 13.6. The van der Waals surface area contributed by atoms with E-state index in [-0.39, 0.29) is 5.03 Å². The molecule has 1 rings (SSSR count). The molecule has 0 aliphatic heterocycles. The summed E-state index contributed by atoms with van der Waals surface area (Å²) in [5, 5.41) is -1.19. The molecule has 0 saturated heterocycles. The van der Waals surface area contributed by atoms with Crippen molar-refractivity contribution in [3.05, 3.63) is 34.2 Å². The number of rotatable bonds is 1. The molecule has 0 amide bonds. The Kier molecular flexibility index (Phi) is 2.74. The summed E-state index contributed by atoms with van der Waals surface area (Å²) < 4.78 is 86.4. The van der Waals surface area contributed by atoms with Crippen LogP contribution in [0.15, 0.2) is 34.2 Å². The van der Waals surface area contributed by atoms with E-state index >= 15 is 0 Å². The first-order valence-corrected chi connectivity index (χ1v) is 6.55. The molecule has 0 nitrogen and oxygen atoms in total. The van der Waals surface area contributed by atoms with Gasteiger partial charge in [-0.05, 0) is 18.1 Å². The van der Waals surface area contributed by atoms with E-state index in [2.05, 4.69) is 0 Å². The SMILES string of the molecule is FC(F)(F)S(F)(F)(F)(F)C=C1C=CC(Cl)=CC1. The molecule has 0 unspecified atom stereocenters. The third-order valence-electron chi connectivity index (χ3n) is 1.86. The van der Waals surface area contributed by atoms with Gasteiger partial charge in [-0.15, -0.1) is 15.5 Å². The van der Waals surface area contributed by atoms with Crippen LogP contribution >= 0.6 is 21.4 Å². The molecule has 1 aliphatic rings. The Morgan fingerprint density at radius 3 is 2.00 bits per heavy atom. The molecule has 0 heterocycles. The Bertz CT molecular complexity index is 435. The molecule has 0 saturated carbocycles. The first-order valence-electron chi connectivity index (χ1n) is 4.06. The lowest BCUT2D eigenvalue weighted by atomic mass is 10.1. The van der Waals surface area contributed by atoms with Gasteiger partial charge in [0, 0.05) is 5.03 Å². The monoisotopic (exact) mass is 302 g/mol. The van der Waals surface area contributed by atoms with Gasteiger partial charge in [0.05, 0.1) is 5.41 Å². The Balaban J connectivity index is 3.27. The third kappa shape index (κ3) is 2.79. The molecule has 0 radical (unpaired) electrons. The molecule has 0 aromatic rings. The Labute approximate surface area is 96.9 Å². The zero-order valence-corrected chi connectivity index (χ0v) is 9.52. The van der Waals surface area contributed by atoms with Crippen LogP contribution in [0.1, 0.15) is 6.42 Å². The summed E-state index contributed by atoms with van der Waals surface area (Å²) in [6, 6.07) is 0. The first-order chi connectivity index (χ1) is 7.24. The van der Waals surface area contributed by atoms with Gasteiger partial charge >= 0.3 is 5.51 Å². The highest BCUT2D eigenvalue weighted by Gasteiger charge is 2.81. The topological polar surface area (TPSA) is 0 Å². The number of hydrogen-bond acceptors (Lipinski definition) is 0. The summed E-state index contributed by atoms with van der Waals surface area (Å²) in [5.74, 6) is 0. The number of hydrogen-bond donors (Lipinski definition) is 0. The molecule has 0 fully saturated rings. The van der Waals surface area contributed by atoms with Gasteiger partial charge in [-0.1, -0.05) is 23.8 Å². The molecule has 1 aliphatic carbocycles. The Hall–Kier alpha value is -0.630. The molecule has 0 N–H and O–H groups in total. The van der Waals surface area contributed by atoms with Crippen LogP contribution in [-0.4, -0.2) is 5.51 Å². The molecular weight excluding hydrogens is 297 g/mol. The highest BCUT2D eigenvalue weighted by molar-refractivity contribution is 8.52. The van der Waals surface area contributed by atoms with E-state index in [1.165, 1.54) is 0 Å². The Morgan fingerprint density at radius 2 is 1.65 bits per heavy atom. The second-order valence-electron chi connectivity index (χ2n) is 3.40. The Morgan fingerprint density at radius 1 is 1.12 bits per heavy atom. The fourth-order valence-corrected chi connectivity index (χ4v) is 2.05. The molecule has 9 heteroatoms. The summed E-state index contributed by atoms with van der Waals surface area (Å²) in [5.41, 5.74) is -7.73. The molecule has 0 spiro atoms. The lowest BCUT2D eigenvalue weighted by Gasteiger charge is -2.47. The predicted molar refractivity (Wildman–Crippen MR) is 53.9 cm³/mol. The van der Waals surface area contributed by atoms with Crippen molar-refractivity contribution in [2.75, 3.05) is 0 Å². The minimum atomic E-state index is -10.2. The molecule has 17 heavy (non-hydrogen) atoms. The van der Waals surface area contributed by atoms with E-state index in [0.717, 1.165) is 12.2 Å². The standard InChI is InChI=1S/C8H6ClF7S/c9-7-3-1-6(2-4-7)5-17(13,14,15,16)8(10,11)12/h1,3-5H,2H2. The van der Waals surface area contributed by atoms with Gasteiger partial charge in [0.25, 0.3) is 9.84 Å². The highest BCUT2D eigenvalue weighted by atomic mass is 35.5. The number of halogens is 8. The number of allylic oxidation sites excluding steroid dienone is 5. The van der Waals surface area contributed by atoms with Crippen molar-refractivity contribution in [3.8, 4) is 0 Å². The van der Waals surface area contributed by atoms with Gasteiger partial charge in [-0.3, -0.25) is 0 Å². The van der Waals surface area contributed by atoms with E-state index < -0.39 is 32.7 Å². The van der Waals surface area contributed by atoms with E-state index in [4.69, 9.17) is 11.6 Å². The molecule has 0 atom stereocenters. The second-order valence-corrected chi connectivity index (χ2v) is 6.80. The molecule has 0 aromatic carbocycles. The molecule has 0 bridgehead atoms. The minimum Gasteiger partial charge on any atom is -0.155 e. The lowest BCUT2D eigenvalue weighted by molar-refractivity contribution is -0.0683. The predicted octanol–water partition coefficient (Wildman–Crippen LogP) is 5.89. The lowest BCUT2D eigenvalue weighted by Crippen LogP contribution is -2.30. The van der Waals surface area contributed by atoms with Gasteiger partial charge in [0.1, 0.15) is 0 Å². The first kappa shape index (κ1) is 14.4. The quantitative estimate of drug-likeness (QED) is 0.530. The normalized spacial score (nSPS) is 24.2. The second kappa shape index (κ2) is 3.23. The van der Waals surface area contributed by atoms with Crippen LogP contribution in [-0.2, 0) is 0 Å². The minimum absolute atomic E-state index is 0.0810. The summed E-state index contributed by atoms with van der Waals surface area (Å²) in [7, 11) is -10.2. The van der Waals surface area contributed by atoms with Gasteiger partial charge < -0.3 is 0 Å². The fraction of sp³-hybridized carbons (Fsp3) is 0.250. The van der Waals surface area contributed by atoms with Crippen molar-refractivity contribution >= 4 is 21.4 Å². The van der Waals surface area contributed by atoms with Crippen molar-refractivity contribution < 1.29 is 28.7 Å². The van der Waals surface area contributed by atoms with Crippen LogP contribution in [0.25, 0.3) is 0 Å². The van der Waals surface area contributed by atoms with Crippen LogP contribution in [0.5, 0.6) is 0 Å².